The topological polar surface area (TPSA) is 26.3 Å². The Labute approximate surface area is 110 Å². The van der Waals surface area contributed by atoms with Crippen LogP contribution in [-0.4, -0.2) is 18.0 Å². The third-order valence-electron chi connectivity index (χ3n) is 5.67. The molecule has 18 heavy (non-hydrogen) atoms. The molecule has 3 unspecified atom stereocenters. The molecular formula is C16H26O2. The predicted octanol–water partition coefficient (Wildman–Crippen LogP) is 3.73. The van der Waals surface area contributed by atoms with Gasteiger partial charge in [0.1, 0.15) is 5.60 Å². The standard InChI is InChI=1S/C16H26O2/c1-2-18-16(7-3-4-8-16)15(17)11-14-10-12-5-6-13(14)9-12/h12-14H,2-11H2,1H3. The second-order valence-corrected chi connectivity index (χ2v) is 6.70. The van der Waals surface area contributed by atoms with Crippen molar-refractivity contribution in [3.8, 4) is 0 Å². The van der Waals surface area contributed by atoms with Gasteiger partial charge in [0.15, 0.2) is 5.78 Å². The summed E-state index contributed by atoms with van der Waals surface area (Å²) in [7, 11) is 0. The Morgan fingerprint density at radius 1 is 1.22 bits per heavy atom. The molecule has 0 aromatic carbocycles. The molecule has 2 bridgehead atoms. The van der Waals surface area contributed by atoms with Gasteiger partial charge in [0, 0.05) is 13.0 Å². The Morgan fingerprint density at radius 2 is 2.00 bits per heavy atom. The highest BCUT2D eigenvalue weighted by molar-refractivity contribution is 5.88. The summed E-state index contributed by atoms with van der Waals surface area (Å²) in [5, 5.41) is 0. The van der Waals surface area contributed by atoms with Gasteiger partial charge in [-0.15, -0.1) is 0 Å². The second kappa shape index (κ2) is 4.96. The van der Waals surface area contributed by atoms with Crippen LogP contribution in [0.2, 0.25) is 0 Å². The number of rotatable bonds is 5. The first kappa shape index (κ1) is 12.7. The zero-order valence-electron chi connectivity index (χ0n) is 11.6. The molecule has 0 heterocycles. The molecule has 3 aliphatic carbocycles. The third-order valence-corrected chi connectivity index (χ3v) is 5.67. The molecular weight excluding hydrogens is 224 g/mol. The SMILES string of the molecule is CCOC1(C(=O)CC2CC3CCC2C3)CCCC1. The van der Waals surface area contributed by atoms with E-state index in [1.54, 1.807) is 0 Å². The monoisotopic (exact) mass is 250 g/mol. The first-order chi connectivity index (χ1) is 8.73. The van der Waals surface area contributed by atoms with Crippen molar-refractivity contribution in [3.05, 3.63) is 0 Å². The van der Waals surface area contributed by atoms with Gasteiger partial charge in [-0.3, -0.25) is 4.79 Å². The van der Waals surface area contributed by atoms with Crippen molar-refractivity contribution >= 4 is 5.78 Å². The lowest BCUT2D eigenvalue weighted by Gasteiger charge is -2.30. The Morgan fingerprint density at radius 3 is 2.56 bits per heavy atom. The Balaban J connectivity index is 1.63. The molecule has 0 aromatic rings. The smallest absolute Gasteiger partial charge is 0.164 e. The van der Waals surface area contributed by atoms with Gasteiger partial charge in [-0.05, 0) is 69.6 Å². The summed E-state index contributed by atoms with van der Waals surface area (Å²) in [4.78, 5) is 12.7. The van der Waals surface area contributed by atoms with Crippen molar-refractivity contribution in [1.29, 1.82) is 0 Å². The number of carbonyl (C=O) groups excluding carboxylic acids is 1. The molecule has 3 saturated carbocycles. The van der Waals surface area contributed by atoms with E-state index < -0.39 is 0 Å². The summed E-state index contributed by atoms with van der Waals surface area (Å²) in [5.41, 5.74) is -0.378. The van der Waals surface area contributed by atoms with E-state index >= 15 is 0 Å². The maximum Gasteiger partial charge on any atom is 0.164 e. The molecule has 2 heteroatoms. The normalized spacial score (nSPS) is 37.3. The van der Waals surface area contributed by atoms with Crippen molar-refractivity contribution in [2.24, 2.45) is 17.8 Å². The summed E-state index contributed by atoms with van der Waals surface area (Å²) >= 11 is 0. The van der Waals surface area contributed by atoms with Crippen LogP contribution in [-0.2, 0) is 9.53 Å². The van der Waals surface area contributed by atoms with Crippen molar-refractivity contribution in [1.82, 2.24) is 0 Å². The molecule has 0 radical (unpaired) electrons. The minimum Gasteiger partial charge on any atom is -0.368 e. The van der Waals surface area contributed by atoms with Crippen LogP contribution < -0.4 is 0 Å². The van der Waals surface area contributed by atoms with Crippen molar-refractivity contribution in [2.75, 3.05) is 6.61 Å². The quantitative estimate of drug-likeness (QED) is 0.743. The minimum absolute atomic E-state index is 0.378. The van der Waals surface area contributed by atoms with Gasteiger partial charge >= 0.3 is 0 Å². The highest BCUT2D eigenvalue weighted by atomic mass is 16.5. The average Bonchev–Trinajstić information content (AvgIpc) is 3.04. The minimum atomic E-state index is -0.378. The molecule has 3 aliphatic rings. The van der Waals surface area contributed by atoms with E-state index in [4.69, 9.17) is 4.74 Å². The molecule has 3 rings (SSSR count). The van der Waals surface area contributed by atoms with Gasteiger partial charge in [-0.25, -0.2) is 0 Å². The van der Waals surface area contributed by atoms with E-state index in [9.17, 15) is 4.79 Å². The van der Waals surface area contributed by atoms with Crippen molar-refractivity contribution in [3.63, 3.8) is 0 Å². The molecule has 0 N–H and O–H groups in total. The van der Waals surface area contributed by atoms with E-state index in [1.165, 1.54) is 38.5 Å². The highest BCUT2D eigenvalue weighted by Gasteiger charge is 2.46. The molecule has 3 atom stereocenters. The second-order valence-electron chi connectivity index (χ2n) is 6.70. The summed E-state index contributed by atoms with van der Waals surface area (Å²) < 4.78 is 5.89. The van der Waals surface area contributed by atoms with Crippen LogP contribution in [0.4, 0.5) is 0 Å². The predicted molar refractivity (Wildman–Crippen MR) is 71.4 cm³/mol. The maximum absolute atomic E-state index is 12.7. The number of ether oxygens (including phenoxy) is 1. The van der Waals surface area contributed by atoms with Crippen molar-refractivity contribution in [2.45, 2.75) is 70.3 Å². The fraction of sp³-hybridized carbons (Fsp3) is 0.938. The fourth-order valence-electron chi connectivity index (χ4n) is 4.78. The first-order valence-electron chi connectivity index (χ1n) is 7.91. The molecule has 0 aliphatic heterocycles. The van der Waals surface area contributed by atoms with Crippen LogP contribution >= 0.6 is 0 Å². The van der Waals surface area contributed by atoms with Gasteiger partial charge in [-0.2, -0.15) is 0 Å². The van der Waals surface area contributed by atoms with Crippen LogP contribution in [0, 0.1) is 17.8 Å². The van der Waals surface area contributed by atoms with Crippen LogP contribution in [0.3, 0.4) is 0 Å². The number of Topliss-reactive ketones (excluding diaryl/α,β-unsaturated/α-hetero) is 1. The molecule has 0 amide bonds. The first-order valence-corrected chi connectivity index (χ1v) is 7.91. The van der Waals surface area contributed by atoms with Crippen LogP contribution in [0.25, 0.3) is 0 Å². The lowest BCUT2D eigenvalue weighted by atomic mass is 9.81. The Bertz CT molecular complexity index is 317. The highest BCUT2D eigenvalue weighted by Crippen LogP contribution is 2.50. The zero-order valence-corrected chi connectivity index (χ0v) is 11.6. The number of hydrogen-bond acceptors (Lipinski definition) is 2. The number of ketones is 1. The van der Waals surface area contributed by atoms with E-state index in [2.05, 4.69) is 0 Å². The molecule has 102 valence electrons. The molecule has 0 saturated heterocycles. The number of carbonyl (C=O) groups is 1. The third kappa shape index (κ3) is 2.13. The fourth-order valence-corrected chi connectivity index (χ4v) is 4.78. The summed E-state index contributed by atoms with van der Waals surface area (Å²) in [6.45, 7) is 2.70. The van der Waals surface area contributed by atoms with Gasteiger partial charge in [0.2, 0.25) is 0 Å². The molecule has 0 spiro atoms. The van der Waals surface area contributed by atoms with E-state index in [1.807, 2.05) is 6.92 Å². The van der Waals surface area contributed by atoms with Gasteiger partial charge < -0.3 is 4.74 Å². The summed E-state index contributed by atoms with van der Waals surface area (Å²) in [5.74, 6) is 2.92. The summed E-state index contributed by atoms with van der Waals surface area (Å²) in [6.07, 6.45) is 10.6. The Kier molecular flexibility index (Phi) is 3.48. The molecule has 3 fully saturated rings. The van der Waals surface area contributed by atoms with E-state index in [-0.39, 0.29) is 5.60 Å². The van der Waals surface area contributed by atoms with E-state index in [0.717, 1.165) is 31.1 Å². The largest absolute Gasteiger partial charge is 0.368 e. The maximum atomic E-state index is 12.7. The average molecular weight is 250 g/mol. The Hall–Kier alpha value is -0.370. The lowest BCUT2D eigenvalue weighted by Crippen LogP contribution is -2.40. The van der Waals surface area contributed by atoms with Gasteiger partial charge in [-0.1, -0.05) is 6.42 Å². The van der Waals surface area contributed by atoms with Gasteiger partial charge in [0.05, 0.1) is 0 Å². The van der Waals surface area contributed by atoms with Gasteiger partial charge in [0.25, 0.3) is 0 Å². The van der Waals surface area contributed by atoms with Crippen LogP contribution in [0.5, 0.6) is 0 Å². The van der Waals surface area contributed by atoms with Crippen molar-refractivity contribution < 1.29 is 9.53 Å². The van der Waals surface area contributed by atoms with E-state index in [0.29, 0.717) is 18.3 Å². The lowest BCUT2D eigenvalue weighted by molar-refractivity contribution is -0.145. The zero-order chi connectivity index (χ0) is 12.6. The molecule has 2 nitrogen and oxygen atoms in total. The van der Waals surface area contributed by atoms with Crippen LogP contribution in [0.15, 0.2) is 0 Å². The number of fused-ring (bicyclic) bond motifs is 2. The number of hydrogen-bond donors (Lipinski definition) is 0. The van der Waals surface area contributed by atoms with Crippen LogP contribution in [0.1, 0.15) is 64.7 Å². The molecule has 0 aromatic heterocycles. The summed E-state index contributed by atoms with van der Waals surface area (Å²) in [6, 6.07) is 0.